The molecule has 17 heavy (non-hydrogen) atoms. The Morgan fingerprint density at radius 1 is 1.12 bits per heavy atom. The molecule has 0 atom stereocenters. The first-order valence-corrected chi connectivity index (χ1v) is 6.01. The Morgan fingerprint density at radius 3 is 2.35 bits per heavy atom. The summed E-state index contributed by atoms with van der Waals surface area (Å²) >= 11 is 12.4. The molecule has 0 aliphatic heterocycles. The lowest BCUT2D eigenvalue weighted by atomic mass is 10.1. The minimum Gasteiger partial charge on any atom is -0.288 e. The third-order valence-corrected chi connectivity index (χ3v) is 3.59. The predicted molar refractivity (Wildman–Crippen MR) is 64.1 cm³/mol. The van der Waals surface area contributed by atoms with E-state index in [1.165, 1.54) is 6.07 Å². The van der Waals surface area contributed by atoms with E-state index in [-0.39, 0.29) is 10.6 Å². The van der Waals surface area contributed by atoms with E-state index < -0.39 is 17.4 Å². The second-order valence-electron chi connectivity index (χ2n) is 3.18. The molecule has 0 fully saturated rings. The van der Waals surface area contributed by atoms with Crippen LogP contribution in [0.15, 0.2) is 24.3 Å². The Kier molecular flexibility index (Phi) is 3.47. The van der Waals surface area contributed by atoms with Gasteiger partial charge in [-0.25, -0.2) is 8.78 Å². The van der Waals surface area contributed by atoms with Gasteiger partial charge < -0.3 is 0 Å². The van der Waals surface area contributed by atoms with Crippen molar-refractivity contribution >= 4 is 40.3 Å². The van der Waals surface area contributed by atoms with Crippen molar-refractivity contribution in [1.29, 1.82) is 0 Å². The Labute approximate surface area is 110 Å². The van der Waals surface area contributed by atoms with Crippen molar-refractivity contribution in [3.63, 3.8) is 0 Å². The highest BCUT2D eigenvalue weighted by Crippen LogP contribution is 2.27. The van der Waals surface area contributed by atoms with Crippen molar-refractivity contribution in [2.75, 3.05) is 0 Å². The molecule has 0 N–H and O–H groups in total. The molecule has 0 saturated heterocycles. The molecule has 0 saturated carbocycles. The van der Waals surface area contributed by atoms with Crippen molar-refractivity contribution in [3.8, 4) is 0 Å². The number of rotatable bonds is 2. The highest BCUT2D eigenvalue weighted by Gasteiger charge is 2.17. The van der Waals surface area contributed by atoms with Gasteiger partial charge in [0.25, 0.3) is 0 Å². The van der Waals surface area contributed by atoms with Crippen LogP contribution >= 0.6 is 34.5 Å². The fraction of sp³-hybridized carbons (Fsp3) is 0. The number of ketones is 1. The van der Waals surface area contributed by atoms with Crippen molar-refractivity contribution in [3.05, 3.63) is 55.7 Å². The molecule has 1 nitrogen and oxygen atoms in total. The Morgan fingerprint density at radius 2 is 1.76 bits per heavy atom. The molecule has 0 amide bonds. The molecule has 0 bridgehead atoms. The van der Waals surface area contributed by atoms with Gasteiger partial charge in [-0.05, 0) is 24.3 Å². The van der Waals surface area contributed by atoms with Gasteiger partial charge in [-0.15, -0.1) is 11.3 Å². The second kappa shape index (κ2) is 4.72. The van der Waals surface area contributed by atoms with Gasteiger partial charge in [0.1, 0.15) is 0 Å². The molecule has 88 valence electrons. The Hall–Kier alpha value is -0.970. The molecule has 0 radical (unpaired) electrons. The summed E-state index contributed by atoms with van der Waals surface area (Å²) < 4.78 is 26.3. The predicted octanol–water partition coefficient (Wildman–Crippen LogP) is 4.56. The first kappa shape index (κ1) is 12.5. The minimum atomic E-state index is -1.11. The molecule has 2 aromatic rings. The first-order valence-electron chi connectivity index (χ1n) is 4.43. The fourth-order valence-electron chi connectivity index (χ4n) is 1.27. The summed E-state index contributed by atoms with van der Waals surface area (Å²) in [6, 6.07) is 4.62. The zero-order chi connectivity index (χ0) is 12.6. The lowest BCUT2D eigenvalue weighted by molar-refractivity contribution is 0.104. The molecule has 0 spiro atoms. The highest BCUT2D eigenvalue weighted by atomic mass is 35.5. The maximum absolute atomic E-state index is 13.0. The van der Waals surface area contributed by atoms with Crippen LogP contribution in [0, 0.1) is 11.6 Å². The molecular formula is C11H4Cl2F2OS. The first-order chi connectivity index (χ1) is 7.99. The molecule has 0 aliphatic rings. The third-order valence-electron chi connectivity index (χ3n) is 2.05. The maximum atomic E-state index is 13.0. The van der Waals surface area contributed by atoms with Crippen molar-refractivity contribution < 1.29 is 13.6 Å². The van der Waals surface area contributed by atoms with E-state index in [1.54, 1.807) is 6.07 Å². The van der Waals surface area contributed by atoms with Gasteiger partial charge >= 0.3 is 0 Å². The maximum Gasteiger partial charge on any atom is 0.204 e. The van der Waals surface area contributed by atoms with Gasteiger partial charge in [0.2, 0.25) is 5.78 Å². The summed E-state index contributed by atoms with van der Waals surface area (Å²) in [6.07, 6.45) is 0. The van der Waals surface area contributed by atoms with Crippen LogP contribution in [0.2, 0.25) is 9.36 Å². The fourth-order valence-corrected chi connectivity index (χ4v) is 2.50. The van der Waals surface area contributed by atoms with Gasteiger partial charge in [0.05, 0.1) is 14.2 Å². The summed E-state index contributed by atoms with van der Waals surface area (Å²) in [7, 11) is 0. The molecule has 2 rings (SSSR count). The smallest absolute Gasteiger partial charge is 0.204 e. The quantitative estimate of drug-likeness (QED) is 0.586. The van der Waals surface area contributed by atoms with Crippen LogP contribution in [0.5, 0.6) is 0 Å². The normalized spacial score (nSPS) is 10.6. The van der Waals surface area contributed by atoms with E-state index in [2.05, 4.69) is 0 Å². The Balaban J connectivity index is 2.47. The van der Waals surface area contributed by atoms with Gasteiger partial charge in [-0.2, -0.15) is 0 Å². The molecule has 1 aromatic carbocycles. The Bertz CT molecular complexity index is 595. The summed E-state index contributed by atoms with van der Waals surface area (Å²) in [6.45, 7) is 0. The average molecular weight is 293 g/mol. The molecule has 1 heterocycles. The number of benzene rings is 1. The van der Waals surface area contributed by atoms with E-state index in [9.17, 15) is 13.6 Å². The lowest BCUT2D eigenvalue weighted by Crippen LogP contribution is -2.01. The van der Waals surface area contributed by atoms with Crippen molar-refractivity contribution in [1.82, 2.24) is 0 Å². The largest absolute Gasteiger partial charge is 0.288 e. The van der Waals surface area contributed by atoms with Crippen LogP contribution in [0.4, 0.5) is 8.78 Å². The van der Waals surface area contributed by atoms with Crippen LogP contribution in [-0.2, 0) is 0 Å². The van der Waals surface area contributed by atoms with Crippen LogP contribution in [-0.4, -0.2) is 5.78 Å². The monoisotopic (exact) mass is 292 g/mol. The summed E-state index contributed by atoms with van der Waals surface area (Å²) in [5.41, 5.74) is -0.0796. The summed E-state index contributed by atoms with van der Waals surface area (Å²) in [5, 5.41) is -0.126. The van der Waals surface area contributed by atoms with E-state index in [0.717, 1.165) is 23.5 Å². The number of hydrogen-bond donors (Lipinski definition) is 0. The van der Waals surface area contributed by atoms with Gasteiger partial charge in [-0.1, -0.05) is 23.2 Å². The van der Waals surface area contributed by atoms with E-state index >= 15 is 0 Å². The molecule has 1 aromatic heterocycles. The number of thiophene rings is 1. The zero-order valence-electron chi connectivity index (χ0n) is 8.14. The average Bonchev–Trinajstić information content (AvgIpc) is 2.69. The molecule has 6 heteroatoms. The van der Waals surface area contributed by atoms with Crippen LogP contribution in [0.1, 0.15) is 15.2 Å². The second-order valence-corrected chi connectivity index (χ2v) is 5.30. The van der Waals surface area contributed by atoms with Crippen molar-refractivity contribution in [2.24, 2.45) is 0 Å². The molecular weight excluding hydrogens is 289 g/mol. The summed E-state index contributed by atoms with van der Waals surface area (Å²) in [5.74, 6) is -2.68. The van der Waals surface area contributed by atoms with E-state index in [4.69, 9.17) is 23.2 Å². The lowest BCUT2D eigenvalue weighted by Gasteiger charge is -2.02. The number of hydrogen-bond acceptors (Lipinski definition) is 2. The van der Waals surface area contributed by atoms with Gasteiger partial charge in [-0.3, -0.25) is 4.79 Å². The van der Waals surface area contributed by atoms with Crippen LogP contribution < -0.4 is 0 Å². The summed E-state index contributed by atoms with van der Waals surface area (Å²) in [4.78, 5) is 12.2. The van der Waals surface area contributed by atoms with E-state index in [1.807, 2.05) is 0 Å². The van der Waals surface area contributed by atoms with E-state index in [0.29, 0.717) is 9.21 Å². The number of halogens is 4. The zero-order valence-corrected chi connectivity index (χ0v) is 10.5. The topological polar surface area (TPSA) is 17.1 Å². The van der Waals surface area contributed by atoms with Gasteiger partial charge in [0.15, 0.2) is 11.6 Å². The molecule has 0 aliphatic carbocycles. The molecule has 0 unspecified atom stereocenters. The minimum absolute atomic E-state index is 0.0796. The van der Waals surface area contributed by atoms with Crippen LogP contribution in [0.25, 0.3) is 0 Å². The van der Waals surface area contributed by atoms with Crippen molar-refractivity contribution in [2.45, 2.75) is 0 Å². The number of carbonyl (C=O) groups excluding carboxylic acids is 1. The highest BCUT2D eigenvalue weighted by molar-refractivity contribution is 7.18. The SMILES string of the molecule is O=C(c1ccc(Cl)s1)c1cc(F)c(F)cc1Cl. The van der Waals surface area contributed by atoms with Gasteiger partial charge in [0, 0.05) is 5.56 Å². The number of carbonyl (C=O) groups is 1. The van der Waals surface area contributed by atoms with Crippen LogP contribution in [0.3, 0.4) is 0 Å². The third kappa shape index (κ3) is 2.49. The standard InChI is InChI=1S/C11H4Cl2F2OS/c12-6-4-8(15)7(14)3-5(6)11(16)9-1-2-10(13)17-9/h1-4H.